The predicted octanol–water partition coefficient (Wildman–Crippen LogP) is 6.23. The Morgan fingerprint density at radius 2 is 2.03 bits per heavy atom. The van der Waals surface area contributed by atoms with Gasteiger partial charge in [-0.05, 0) is 59.1 Å². The Labute approximate surface area is 225 Å². The molecule has 4 aromatic rings. The number of fused-ring (bicyclic) bond motifs is 1. The lowest BCUT2D eigenvalue weighted by atomic mass is 9.99. The minimum Gasteiger partial charge on any atom is -0.494 e. The van der Waals surface area contributed by atoms with Crippen molar-refractivity contribution in [2.45, 2.75) is 25.8 Å². The lowest BCUT2D eigenvalue weighted by Crippen LogP contribution is -2.26. The quantitative estimate of drug-likeness (QED) is 0.203. The summed E-state index contributed by atoms with van der Waals surface area (Å²) in [4.78, 5) is 35.4. The largest absolute Gasteiger partial charge is 0.494 e. The zero-order valence-corrected chi connectivity index (χ0v) is 21.8. The van der Waals surface area contributed by atoms with Gasteiger partial charge < -0.3 is 20.7 Å². The summed E-state index contributed by atoms with van der Waals surface area (Å²) in [5.74, 6) is 1.11. The standard InChI is InChI=1S/C28H27ClN6O3/c1-3-24(36)21-14-31-23-6-4-16(17-11-22(29)28(34-37)25(12-17)38-2)10-20(23)27(21)33-19-5-7-26(32-13-19)35-9-8-18(30)15-35/h4-7,10-14,18H,3,8-9,15,30H2,1-2H3,(H,31,33). The van der Waals surface area contributed by atoms with E-state index in [9.17, 15) is 9.70 Å². The van der Waals surface area contributed by atoms with Gasteiger partial charge in [-0.1, -0.05) is 24.6 Å². The van der Waals surface area contributed by atoms with Gasteiger partial charge in [-0.15, -0.1) is 4.91 Å². The minimum atomic E-state index is -0.0333. The molecule has 1 unspecified atom stereocenters. The fourth-order valence-corrected chi connectivity index (χ4v) is 4.93. The van der Waals surface area contributed by atoms with E-state index < -0.39 is 0 Å². The number of pyridine rings is 2. The van der Waals surface area contributed by atoms with Crippen LogP contribution in [0, 0.1) is 4.91 Å². The van der Waals surface area contributed by atoms with Crippen LogP contribution in [0.25, 0.3) is 22.0 Å². The molecule has 194 valence electrons. The van der Waals surface area contributed by atoms with Crippen molar-refractivity contribution >= 4 is 51.2 Å². The van der Waals surface area contributed by atoms with Crippen LogP contribution in [0.5, 0.6) is 5.75 Å². The number of ketones is 1. The van der Waals surface area contributed by atoms with Gasteiger partial charge in [0.05, 0.1) is 40.8 Å². The molecule has 0 amide bonds. The predicted molar refractivity (Wildman–Crippen MR) is 151 cm³/mol. The molecular formula is C28H27ClN6O3. The Balaban J connectivity index is 1.58. The number of nitrogens with zero attached hydrogens (tertiary/aromatic N) is 4. The number of anilines is 3. The third kappa shape index (κ3) is 4.90. The normalized spacial score (nSPS) is 15.1. The molecule has 2 aromatic heterocycles. The molecule has 2 aromatic carbocycles. The monoisotopic (exact) mass is 530 g/mol. The maximum Gasteiger partial charge on any atom is 0.168 e. The first-order valence-corrected chi connectivity index (χ1v) is 12.7. The summed E-state index contributed by atoms with van der Waals surface area (Å²) in [5.41, 5.74) is 10.2. The van der Waals surface area contributed by atoms with Crippen LogP contribution in [0.2, 0.25) is 5.02 Å². The lowest BCUT2D eigenvalue weighted by molar-refractivity contribution is 0.0989. The van der Waals surface area contributed by atoms with Crippen LogP contribution >= 0.6 is 11.6 Å². The number of nitrogens with two attached hydrogens (primary N) is 1. The first-order chi connectivity index (χ1) is 18.4. The van der Waals surface area contributed by atoms with E-state index in [-0.39, 0.29) is 28.3 Å². The van der Waals surface area contributed by atoms with Crippen LogP contribution in [0.3, 0.4) is 0 Å². The molecule has 5 rings (SSSR count). The molecule has 3 N–H and O–H groups in total. The van der Waals surface area contributed by atoms with Crippen molar-refractivity contribution in [3.05, 3.63) is 70.4 Å². The molecule has 10 heteroatoms. The van der Waals surface area contributed by atoms with Crippen molar-refractivity contribution in [3.8, 4) is 16.9 Å². The van der Waals surface area contributed by atoms with Crippen molar-refractivity contribution in [2.75, 3.05) is 30.4 Å². The molecule has 1 aliphatic heterocycles. The molecule has 0 radical (unpaired) electrons. The van der Waals surface area contributed by atoms with Gasteiger partial charge in [0.15, 0.2) is 11.5 Å². The molecule has 9 nitrogen and oxygen atoms in total. The molecule has 0 aliphatic carbocycles. The summed E-state index contributed by atoms with van der Waals surface area (Å²) in [6, 6.07) is 13.1. The topological polar surface area (TPSA) is 123 Å². The lowest BCUT2D eigenvalue weighted by Gasteiger charge is -2.18. The second-order valence-electron chi connectivity index (χ2n) is 9.18. The summed E-state index contributed by atoms with van der Waals surface area (Å²) in [5, 5.41) is 7.34. The third-order valence-electron chi connectivity index (χ3n) is 6.73. The number of nitroso groups, excluding NO2 is 1. The molecule has 3 heterocycles. The Kier molecular flexibility index (Phi) is 7.22. The van der Waals surface area contributed by atoms with Crippen LogP contribution in [0.4, 0.5) is 22.9 Å². The molecule has 0 spiro atoms. The third-order valence-corrected chi connectivity index (χ3v) is 7.02. The number of rotatable bonds is 8. The summed E-state index contributed by atoms with van der Waals surface area (Å²) >= 11 is 6.31. The fourth-order valence-electron chi connectivity index (χ4n) is 4.68. The average Bonchev–Trinajstić information content (AvgIpc) is 3.38. The number of halogens is 1. The van der Waals surface area contributed by atoms with Gasteiger partial charge in [-0.25, -0.2) is 4.98 Å². The number of ether oxygens (including phenoxy) is 1. The molecule has 1 atom stereocenters. The van der Waals surface area contributed by atoms with Gasteiger partial charge >= 0.3 is 0 Å². The number of carbonyl (C=O) groups is 1. The van der Waals surface area contributed by atoms with Gasteiger partial charge in [0.1, 0.15) is 11.6 Å². The second kappa shape index (κ2) is 10.7. The highest BCUT2D eigenvalue weighted by molar-refractivity contribution is 6.33. The molecule has 1 fully saturated rings. The van der Waals surface area contributed by atoms with E-state index in [0.29, 0.717) is 23.2 Å². The van der Waals surface area contributed by atoms with Crippen LogP contribution in [0.15, 0.2) is 60.0 Å². The van der Waals surface area contributed by atoms with Gasteiger partial charge in [0.2, 0.25) is 0 Å². The highest BCUT2D eigenvalue weighted by atomic mass is 35.5. The summed E-state index contributed by atoms with van der Waals surface area (Å²) in [6.07, 6.45) is 4.64. The Bertz CT molecular complexity index is 1530. The molecule has 1 aliphatic rings. The van der Waals surface area contributed by atoms with E-state index >= 15 is 0 Å². The zero-order chi connectivity index (χ0) is 26.8. The Morgan fingerprint density at radius 1 is 1.18 bits per heavy atom. The maximum atomic E-state index is 12.9. The Morgan fingerprint density at radius 3 is 2.68 bits per heavy atom. The number of hydrogen-bond acceptors (Lipinski definition) is 9. The molecule has 0 bridgehead atoms. The van der Waals surface area contributed by atoms with Gasteiger partial charge in [0, 0.05) is 37.1 Å². The number of aromatic nitrogens is 2. The summed E-state index contributed by atoms with van der Waals surface area (Å²) in [6.45, 7) is 3.48. The van der Waals surface area contributed by atoms with E-state index in [1.165, 1.54) is 7.11 Å². The first-order valence-electron chi connectivity index (χ1n) is 12.3. The number of benzene rings is 2. The van der Waals surface area contributed by atoms with Crippen LogP contribution in [-0.2, 0) is 0 Å². The molecule has 38 heavy (non-hydrogen) atoms. The van der Waals surface area contributed by atoms with Gasteiger partial charge in [0.25, 0.3) is 0 Å². The van der Waals surface area contributed by atoms with Crippen molar-refractivity contribution in [2.24, 2.45) is 10.9 Å². The van der Waals surface area contributed by atoms with Crippen molar-refractivity contribution in [1.29, 1.82) is 0 Å². The van der Waals surface area contributed by atoms with E-state index in [2.05, 4.69) is 25.4 Å². The van der Waals surface area contributed by atoms with E-state index in [0.717, 1.165) is 47.5 Å². The van der Waals surface area contributed by atoms with Crippen molar-refractivity contribution in [3.63, 3.8) is 0 Å². The number of Topliss-reactive ketones (excluding diaryl/α,β-unsaturated/α-hetero) is 1. The van der Waals surface area contributed by atoms with Crippen LogP contribution in [-0.4, -0.2) is 42.0 Å². The highest BCUT2D eigenvalue weighted by Gasteiger charge is 2.21. The number of carbonyl (C=O) groups excluding carboxylic acids is 1. The van der Waals surface area contributed by atoms with Crippen molar-refractivity contribution in [1.82, 2.24) is 9.97 Å². The van der Waals surface area contributed by atoms with Gasteiger partial charge in [-0.3, -0.25) is 9.78 Å². The molecular weight excluding hydrogens is 504 g/mol. The molecule has 0 saturated carbocycles. The number of nitrogens with one attached hydrogen (secondary N) is 1. The minimum absolute atomic E-state index is 0.0333. The zero-order valence-electron chi connectivity index (χ0n) is 21.1. The van der Waals surface area contributed by atoms with Gasteiger partial charge in [-0.2, -0.15) is 0 Å². The highest BCUT2D eigenvalue weighted by Crippen LogP contribution is 2.41. The summed E-state index contributed by atoms with van der Waals surface area (Å²) < 4.78 is 5.32. The summed E-state index contributed by atoms with van der Waals surface area (Å²) in [7, 11) is 1.45. The number of methoxy groups -OCH3 is 1. The van der Waals surface area contributed by atoms with Crippen LogP contribution in [0.1, 0.15) is 30.1 Å². The molecule has 1 saturated heterocycles. The average molecular weight is 531 g/mol. The van der Waals surface area contributed by atoms with E-state index in [1.54, 1.807) is 24.5 Å². The van der Waals surface area contributed by atoms with Crippen LogP contribution < -0.4 is 20.7 Å². The smallest absolute Gasteiger partial charge is 0.168 e. The maximum absolute atomic E-state index is 12.9. The second-order valence-corrected chi connectivity index (χ2v) is 9.59. The van der Waals surface area contributed by atoms with Crippen molar-refractivity contribution < 1.29 is 9.53 Å². The number of hydrogen-bond donors (Lipinski definition) is 2. The van der Waals surface area contributed by atoms with E-state index in [4.69, 9.17) is 22.1 Å². The fraction of sp³-hybridized carbons (Fsp3) is 0.250. The Hall–Kier alpha value is -4.08. The SMILES string of the molecule is CCC(=O)c1cnc2ccc(-c3cc(Cl)c(N=O)c(OC)c3)cc2c1Nc1ccc(N2CCC(N)C2)nc1. The van der Waals surface area contributed by atoms with E-state index in [1.807, 2.05) is 37.3 Å². The first kappa shape index (κ1) is 25.6.